The Morgan fingerprint density at radius 3 is 2.50 bits per heavy atom. The van der Waals surface area contributed by atoms with Crippen molar-refractivity contribution in [3.05, 3.63) is 41.5 Å². The summed E-state index contributed by atoms with van der Waals surface area (Å²) in [4.78, 5) is 12.5. The number of fused-ring (bicyclic) bond motifs is 1. The van der Waals surface area contributed by atoms with Crippen molar-refractivity contribution in [2.75, 3.05) is 18.0 Å². The average Bonchev–Trinajstić information content (AvgIpc) is 2.99. The minimum absolute atomic E-state index is 0.209. The number of hydrogen-bond acceptors (Lipinski definition) is 5. The van der Waals surface area contributed by atoms with E-state index in [0.29, 0.717) is 0 Å². The highest BCUT2D eigenvalue weighted by Gasteiger charge is 2.26. The van der Waals surface area contributed by atoms with E-state index in [1.807, 2.05) is 0 Å². The van der Waals surface area contributed by atoms with Gasteiger partial charge in [-0.3, -0.25) is 0 Å². The second-order valence-corrected chi connectivity index (χ2v) is 7.41. The van der Waals surface area contributed by atoms with E-state index in [4.69, 9.17) is 4.74 Å². The summed E-state index contributed by atoms with van der Waals surface area (Å²) in [5, 5.41) is 3.36. The van der Waals surface area contributed by atoms with Crippen molar-refractivity contribution in [2.45, 2.75) is 33.0 Å². The largest absolute Gasteiger partial charge is 0.372 e. The minimum atomic E-state index is 0.209. The topological polar surface area (TPSA) is 38.2 Å². The van der Waals surface area contributed by atoms with Gasteiger partial charge in [-0.05, 0) is 26.3 Å². The van der Waals surface area contributed by atoms with Crippen molar-refractivity contribution in [1.82, 2.24) is 9.97 Å². The summed E-state index contributed by atoms with van der Waals surface area (Å²) in [6.07, 6.45) is 2.10. The summed E-state index contributed by atoms with van der Waals surface area (Å²) in [6, 6.07) is 8.67. The third kappa shape index (κ3) is 2.78. The fraction of sp³-hybridized carbons (Fsp3) is 0.368. The average molecular weight is 339 g/mol. The lowest BCUT2D eigenvalue weighted by Crippen LogP contribution is -2.45. The van der Waals surface area contributed by atoms with Crippen LogP contribution in [0.15, 0.2) is 36.0 Å². The summed E-state index contributed by atoms with van der Waals surface area (Å²) in [6.45, 7) is 8.07. The van der Waals surface area contributed by atoms with Crippen LogP contribution in [0.1, 0.15) is 19.4 Å². The van der Waals surface area contributed by atoms with E-state index in [1.54, 1.807) is 17.7 Å². The van der Waals surface area contributed by atoms with Gasteiger partial charge in [0.15, 0.2) is 0 Å². The number of aromatic nitrogens is 2. The van der Waals surface area contributed by atoms with Gasteiger partial charge in [0.1, 0.15) is 17.0 Å². The number of ether oxygens (including phenoxy) is 1. The van der Waals surface area contributed by atoms with Crippen LogP contribution in [0.4, 0.5) is 5.82 Å². The number of anilines is 1. The van der Waals surface area contributed by atoms with Crippen LogP contribution < -0.4 is 4.90 Å². The Labute approximate surface area is 146 Å². The van der Waals surface area contributed by atoms with Gasteiger partial charge in [-0.25, -0.2) is 9.97 Å². The quantitative estimate of drug-likeness (QED) is 0.698. The Morgan fingerprint density at radius 2 is 1.79 bits per heavy atom. The zero-order valence-electron chi connectivity index (χ0n) is 14.2. The second kappa shape index (κ2) is 6.15. The first kappa shape index (κ1) is 15.5. The lowest BCUT2D eigenvalue weighted by atomic mass is 10.0. The molecule has 124 valence electrons. The van der Waals surface area contributed by atoms with Crippen molar-refractivity contribution < 1.29 is 4.74 Å². The first-order chi connectivity index (χ1) is 11.6. The number of morpholine rings is 1. The van der Waals surface area contributed by atoms with E-state index >= 15 is 0 Å². The molecule has 24 heavy (non-hydrogen) atoms. The van der Waals surface area contributed by atoms with Crippen molar-refractivity contribution in [2.24, 2.45) is 0 Å². The Balaban J connectivity index is 1.84. The minimum Gasteiger partial charge on any atom is -0.372 e. The monoisotopic (exact) mass is 339 g/mol. The number of rotatable bonds is 2. The first-order valence-corrected chi connectivity index (χ1v) is 9.19. The van der Waals surface area contributed by atoms with E-state index in [0.717, 1.165) is 29.1 Å². The fourth-order valence-electron chi connectivity index (χ4n) is 3.40. The summed E-state index contributed by atoms with van der Waals surface area (Å²) >= 11 is 1.68. The van der Waals surface area contributed by atoms with Crippen molar-refractivity contribution in [3.63, 3.8) is 0 Å². The molecule has 2 aromatic heterocycles. The highest BCUT2D eigenvalue weighted by Crippen LogP contribution is 2.38. The van der Waals surface area contributed by atoms with Crippen molar-refractivity contribution >= 4 is 27.4 Å². The number of nitrogens with zero attached hydrogens (tertiary/aromatic N) is 3. The third-order valence-electron chi connectivity index (χ3n) is 4.43. The molecule has 0 radical (unpaired) electrons. The van der Waals surface area contributed by atoms with E-state index in [2.05, 4.69) is 65.3 Å². The Kier molecular flexibility index (Phi) is 3.98. The molecule has 1 aromatic carbocycles. The predicted octanol–water partition coefficient (Wildman–Crippen LogP) is 4.28. The summed E-state index contributed by atoms with van der Waals surface area (Å²) < 4.78 is 5.88. The summed E-state index contributed by atoms with van der Waals surface area (Å²) in [5.41, 5.74) is 3.71. The molecule has 0 saturated carbocycles. The molecule has 0 spiro atoms. The van der Waals surface area contributed by atoms with E-state index in [9.17, 15) is 0 Å². The van der Waals surface area contributed by atoms with Crippen LogP contribution in [0.3, 0.4) is 0 Å². The molecule has 1 saturated heterocycles. The second-order valence-electron chi connectivity index (χ2n) is 6.56. The van der Waals surface area contributed by atoms with Gasteiger partial charge in [0, 0.05) is 24.0 Å². The highest BCUT2D eigenvalue weighted by molar-refractivity contribution is 7.17. The van der Waals surface area contributed by atoms with Gasteiger partial charge in [0.2, 0.25) is 0 Å². The smallest absolute Gasteiger partial charge is 0.141 e. The van der Waals surface area contributed by atoms with Crippen LogP contribution >= 0.6 is 11.3 Å². The van der Waals surface area contributed by atoms with E-state index in [1.165, 1.54) is 16.7 Å². The number of aryl methyl sites for hydroxylation is 1. The molecule has 0 amide bonds. The fourth-order valence-corrected chi connectivity index (χ4v) is 4.31. The molecule has 1 fully saturated rings. The summed E-state index contributed by atoms with van der Waals surface area (Å²) in [7, 11) is 0. The van der Waals surface area contributed by atoms with Crippen molar-refractivity contribution in [1.29, 1.82) is 0 Å². The van der Waals surface area contributed by atoms with Crippen LogP contribution in [0.5, 0.6) is 0 Å². The predicted molar refractivity (Wildman–Crippen MR) is 99.8 cm³/mol. The maximum Gasteiger partial charge on any atom is 0.141 e. The SMILES string of the molecule is Cc1ccc(-c2csc3ncnc(N4C[C@H](C)O[C@@H](C)C4)c23)cc1. The molecular formula is C19H21N3OS. The molecule has 4 nitrogen and oxygen atoms in total. The van der Waals surface area contributed by atoms with Gasteiger partial charge in [-0.1, -0.05) is 29.8 Å². The standard InChI is InChI=1S/C19H21N3OS/c1-12-4-6-15(7-5-12)16-10-24-19-17(16)18(20-11-21-19)22-8-13(2)23-14(3)9-22/h4-7,10-11,13-14H,8-9H2,1-3H3/t13-,14-/m0/s1. The highest BCUT2D eigenvalue weighted by atomic mass is 32.1. The van der Waals surface area contributed by atoms with Gasteiger partial charge >= 0.3 is 0 Å². The van der Waals surface area contributed by atoms with Crippen LogP contribution in [-0.4, -0.2) is 35.3 Å². The molecule has 2 atom stereocenters. The van der Waals surface area contributed by atoms with Crippen LogP contribution in [-0.2, 0) is 4.74 Å². The molecule has 0 N–H and O–H groups in total. The zero-order valence-corrected chi connectivity index (χ0v) is 15.0. The maximum absolute atomic E-state index is 5.88. The van der Waals surface area contributed by atoms with Crippen molar-refractivity contribution in [3.8, 4) is 11.1 Å². The lowest BCUT2D eigenvalue weighted by Gasteiger charge is -2.36. The molecule has 3 aromatic rings. The van der Waals surface area contributed by atoms with E-state index in [-0.39, 0.29) is 12.2 Å². The van der Waals surface area contributed by atoms with Crippen LogP contribution in [0.25, 0.3) is 21.3 Å². The third-order valence-corrected chi connectivity index (χ3v) is 5.32. The van der Waals surface area contributed by atoms with Crippen LogP contribution in [0.2, 0.25) is 0 Å². The first-order valence-electron chi connectivity index (χ1n) is 8.31. The Morgan fingerprint density at radius 1 is 1.08 bits per heavy atom. The number of benzene rings is 1. The van der Waals surface area contributed by atoms with Gasteiger partial charge < -0.3 is 9.64 Å². The molecular weight excluding hydrogens is 318 g/mol. The number of thiophene rings is 1. The molecule has 0 aliphatic carbocycles. The molecule has 3 heterocycles. The molecule has 1 aliphatic rings. The van der Waals surface area contributed by atoms with Gasteiger partial charge in [0.25, 0.3) is 0 Å². The molecule has 4 rings (SSSR count). The Bertz CT molecular complexity index is 849. The van der Waals surface area contributed by atoms with Gasteiger partial charge in [0.05, 0.1) is 17.6 Å². The molecule has 1 aliphatic heterocycles. The molecule has 0 bridgehead atoms. The van der Waals surface area contributed by atoms with Gasteiger partial charge in [-0.2, -0.15) is 0 Å². The maximum atomic E-state index is 5.88. The number of hydrogen-bond donors (Lipinski definition) is 0. The molecule has 5 heteroatoms. The molecule has 0 unspecified atom stereocenters. The lowest BCUT2D eigenvalue weighted by molar-refractivity contribution is -0.00537. The summed E-state index contributed by atoms with van der Waals surface area (Å²) in [5.74, 6) is 1.03. The Hall–Kier alpha value is -1.98. The zero-order chi connectivity index (χ0) is 16.7. The normalized spacial score (nSPS) is 21.4. The van der Waals surface area contributed by atoms with Gasteiger partial charge in [-0.15, -0.1) is 11.3 Å². The van der Waals surface area contributed by atoms with Crippen LogP contribution in [0, 0.1) is 6.92 Å². The van der Waals surface area contributed by atoms with E-state index < -0.39 is 0 Å².